The van der Waals surface area contributed by atoms with Gasteiger partial charge >= 0.3 is 0 Å². The molecule has 0 aliphatic rings. The average Bonchev–Trinajstić information content (AvgIpc) is 2.71. The zero-order valence-corrected chi connectivity index (χ0v) is 9.78. The summed E-state index contributed by atoms with van der Waals surface area (Å²) in [5, 5.41) is 3.72. The lowest BCUT2D eigenvalue weighted by Gasteiger charge is -2.05. The van der Waals surface area contributed by atoms with Crippen molar-refractivity contribution >= 4 is 28.2 Å². The predicted octanol–water partition coefficient (Wildman–Crippen LogP) is 4.04. The van der Waals surface area contributed by atoms with Crippen molar-refractivity contribution in [2.45, 2.75) is 0 Å². The van der Waals surface area contributed by atoms with Crippen LogP contribution < -0.4 is 11.1 Å². The number of nitrogen functional groups attached to an aromatic ring is 1. The number of anilines is 3. The van der Waals surface area contributed by atoms with Gasteiger partial charge in [-0.05, 0) is 24.3 Å². The fourth-order valence-electron chi connectivity index (χ4n) is 1.91. The van der Waals surface area contributed by atoms with E-state index in [1.165, 1.54) is 6.07 Å². The molecule has 0 fully saturated rings. The summed E-state index contributed by atoms with van der Waals surface area (Å²) in [4.78, 5) is 0. The molecule has 3 rings (SSSR count). The molecule has 0 bridgehead atoms. The summed E-state index contributed by atoms with van der Waals surface area (Å²) in [6.45, 7) is 0. The van der Waals surface area contributed by atoms with Crippen LogP contribution in [0.2, 0.25) is 0 Å². The van der Waals surface area contributed by atoms with Crippen LogP contribution in [-0.4, -0.2) is 0 Å². The van der Waals surface area contributed by atoms with Gasteiger partial charge in [0.25, 0.3) is 0 Å². The molecular formula is C14H10F2N2O. The first-order valence-corrected chi connectivity index (χ1v) is 5.64. The summed E-state index contributed by atoms with van der Waals surface area (Å²) < 4.78 is 31.4. The van der Waals surface area contributed by atoms with Gasteiger partial charge in [0.1, 0.15) is 11.3 Å². The van der Waals surface area contributed by atoms with Gasteiger partial charge in [-0.3, -0.25) is 0 Å². The molecule has 2 aromatic carbocycles. The van der Waals surface area contributed by atoms with Crippen LogP contribution in [0.15, 0.2) is 46.9 Å². The van der Waals surface area contributed by atoms with Gasteiger partial charge in [0, 0.05) is 17.1 Å². The Balaban J connectivity index is 2.05. The van der Waals surface area contributed by atoms with Gasteiger partial charge in [-0.1, -0.05) is 12.1 Å². The number of hydrogen-bond acceptors (Lipinski definition) is 3. The number of para-hydroxylation sites is 1. The van der Waals surface area contributed by atoms with Crippen LogP contribution in [0.5, 0.6) is 0 Å². The molecule has 0 atom stereocenters. The fraction of sp³-hybridized carbons (Fsp3) is 0. The van der Waals surface area contributed by atoms with Crippen molar-refractivity contribution in [2.75, 3.05) is 11.1 Å². The molecule has 0 unspecified atom stereocenters. The second-order valence-corrected chi connectivity index (χ2v) is 4.09. The minimum absolute atomic E-state index is 0.200. The third kappa shape index (κ3) is 1.99. The second kappa shape index (κ2) is 4.28. The Bertz CT molecular complexity index is 752. The summed E-state index contributed by atoms with van der Waals surface area (Å²) in [5.41, 5.74) is 7.35. The van der Waals surface area contributed by atoms with Crippen LogP contribution >= 0.6 is 0 Å². The molecule has 96 valence electrons. The Kier molecular flexibility index (Phi) is 2.59. The predicted molar refractivity (Wildman–Crippen MR) is 70.3 cm³/mol. The zero-order chi connectivity index (χ0) is 13.4. The van der Waals surface area contributed by atoms with Crippen molar-refractivity contribution in [3.63, 3.8) is 0 Å². The summed E-state index contributed by atoms with van der Waals surface area (Å²) in [6.07, 6.45) is 0. The number of furan rings is 1. The Morgan fingerprint density at radius 2 is 1.79 bits per heavy atom. The highest BCUT2D eigenvalue weighted by Crippen LogP contribution is 2.35. The number of nitrogens with two attached hydrogens (primary N) is 1. The molecule has 3 aromatic rings. The number of nitrogens with one attached hydrogen (secondary N) is 1. The Morgan fingerprint density at radius 3 is 2.58 bits per heavy atom. The molecule has 0 aliphatic carbocycles. The van der Waals surface area contributed by atoms with Gasteiger partial charge in [-0.25, -0.2) is 8.78 Å². The first kappa shape index (κ1) is 11.5. The lowest BCUT2D eigenvalue weighted by Crippen LogP contribution is -1.95. The fourth-order valence-corrected chi connectivity index (χ4v) is 1.91. The third-order valence-electron chi connectivity index (χ3n) is 2.81. The maximum Gasteiger partial charge on any atom is 0.215 e. The molecule has 1 aromatic heterocycles. The van der Waals surface area contributed by atoms with E-state index < -0.39 is 11.6 Å². The SMILES string of the molecule is Nc1oc2ccccc2c1Nc1ccc(F)c(F)c1. The molecular weight excluding hydrogens is 250 g/mol. The van der Waals surface area contributed by atoms with Crippen molar-refractivity contribution in [1.29, 1.82) is 0 Å². The first-order valence-electron chi connectivity index (χ1n) is 5.64. The van der Waals surface area contributed by atoms with E-state index >= 15 is 0 Å². The van der Waals surface area contributed by atoms with Crippen molar-refractivity contribution < 1.29 is 13.2 Å². The van der Waals surface area contributed by atoms with Crippen LogP contribution in [0.1, 0.15) is 0 Å². The molecule has 0 aliphatic heterocycles. The van der Waals surface area contributed by atoms with E-state index in [-0.39, 0.29) is 5.88 Å². The van der Waals surface area contributed by atoms with Gasteiger partial charge in [0.15, 0.2) is 11.6 Å². The van der Waals surface area contributed by atoms with Gasteiger partial charge in [-0.2, -0.15) is 0 Å². The van der Waals surface area contributed by atoms with Crippen molar-refractivity contribution in [3.8, 4) is 0 Å². The largest absolute Gasteiger partial charge is 0.439 e. The highest BCUT2D eigenvalue weighted by atomic mass is 19.2. The molecule has 0 saturated heterocycles. The van der Waals surface area contributed by atoms with E-state index in [2.05, 4.69) is 5.32 Å². The number of hydrogen-bond donors (Lipinski definition) is 2. The van der Waals surface area contributed by atoms with Gasteiger partial charge < -0.3 is 15.5 Å². The normalized spacial score (nSPS) is 10.8. The minimum atomic E-state index is -0.920. The molecule has 19 heavy (non-hydrogen) atoms. The number of halogens is 2. The van der Waals surface area contributed by atoms with Crippen LogP contribution in [0.4, 0.5) is 26.0 Å². The molecule has 5 heteroatoms. The lowest BCUT2D eigenvalue weighted by atomic mass is 10.2. The van der Waals surface area contributed by atoms with E-state index in [1.807, 2.05) is 18.2 Å². The van der Waals surface area contributed by atoms with Crippen LogP contribution in [0.25, 0.3) is 11.0 Å². The monoisotopic (exact) mass is 260 g/mol. The molecule has 0 spiro atoms. The van der Waals surface area contributed by atoms with Gasteiger partial charge in [0.2, 0.25) is 5.88 Å². The average molecular weight is 260 g/mol. The van der Waals surface area contributed by atoms with Crippen molar-refractivity contribution in [3.05, 3.63) is 54.1 Å². The van der Waals surface area contributed by atoms with Gasteiger partial charge in [-0.15, -0.1) is 0 Å². The van der Waals surface area contributed by atoms with Crippen LogP contribution in [-0.2, 0) is 0 Å². The summed E-state index contributed by atoms with van der Waals surface area (Å²) in [6, 6.07) is 10.8. The minimum Gasteiger partial charge on any atom is -0.439 e. The van der Waals surface area contributed by atoms with Gasteiger partial charge in [0.05, 0.1) is 0 Å². The first-order chi connectivity index (χ1) is 9.15. The molecule has 0 saturated carbocycles. The quantitative estimate of drug-likeness (QED) is 0.731. The summed E-state index contributed by atoms with van der Waals surface area (Å²) in [7, 11) is 0. The van der Waals surface area contributed by atoms with Crippen molar-refractivity contribution in [1.82, 2.24) is 0 Å². The summed E-state index contributed by atoms with van der Waals surface area (Å²) in [5.74, 6) is -1.61. The second-order valence-electron chi connectivity index (χ2n) is 4.09. The smallest absolute Gasteiger partial charge is 0.215 e. The number of fused-ring (bicyclic) bond motifs is 1. The van der Waals surface area contributed by atoms with E-state index in [0.29, 0.717) is 17.0 Å². The van der Waals surface area contributed by atoms with Crippen LogP contribution in [0, 0.1) is 11.6 Å². The van der Waals surface area contributed by atoms with E-state index in [0.717, 1.165) is 17.5 Å². The Labute approximate surface area is 107 Å². The molecule has 3 N–H and O–H groups in total. The molecule has 0 amide bonds. The van der Waals surface area contributed by atoms with E-state index in [1.54, 1.807) is 6.07 Å². The highest BCUT2D eigenvalue weighted by molar-refractivity contribution is 5.98. The topological polar surface area (TPSA) is 51.2 Å². The summed E-state index contributed by atoms with van der Waals surface area (Å²) >= 11 is 0. The number of rotatable bonds is 2. The number of benzene rings is 2. The van der Waals surface area contributed by atoms with Crippen LogP contribution in [0.3, 0.4) is 0 Å². The lowest BCUT2D eigenvalue weighted by molar-refractivity contribution is 0.509. The van der Waals surface area contributed by atoms with E-state index in [4.69, 9.17) is 10.2 Å². The highest BCUT2D eigenvalue weighted by Gasteiger charge is 2.12. The standard InChI is InChI=1S/C14H10F2N2O/c15-10-6-5-8(7-11(10)16)18-13-9-3-1-2-4-12(9)19-14(13)17/h1-7,18H,17H2. The molecule has 3 nitrogen and oxygen atoms in total. The maximum absolute atomic E-state index is 13.2. The maximum atomic E-state index is 13.2. The molecule has 0 radical (unpaired) electrons. The third-order valence-corrected chi connectivity index (χ3v) is 2.81. The molecule has 1 heterocycles. The van der Waals surface area contributed by atoms with Crippen molar-refractivity contribution in [2.24, 2.45) is 0 Å². The zero-order valence-electron chi connectivity index (χ0n) is 9.78. The van der Waals surface area contributed by atoms with E-state index in [9.17, 15) is 8.78 Å². The Morgan fingerprint density at radius 1 is 1.00 bits per heavy atom. The Hall–Kier alpha value is -2.56.